The van der Waals surface area contributed by atoms with Gasteiger partial charge in [0, 0.05) is 42.5 Å². The van der Waals surface area contributed by atoms with Crippen LogP contribution in [0.3, 0.4) is 0 Å². The van der Waals surface area contributed by atoms with E-state index < -0.39 is 0 Å². The van der Waals surface area contributed by atoms with Crippen LogP contribution in [0.2, 0.25) is 0 Å². The molecule has 0 N–H and O–H groups in total. The van der Waals surface area contributed by atoms with Crippen LogP contribution in [0.15, 0.2) is 78.9 Å². The van der Waals surface area contributed by atoms with Crippen molar-refractivity contribution in [2.24, 2.45) is 0 Å². The van der Waals surface area contributed by atoms with Gasteiger partial charge in [0.1, 0.15) is 11.6 Å². The molecule has 0 aliphatic heterocycles. The van der Waals surface area contributed by atoms with Crippen molar-refractivity contribution in [3.8, 4) is 17.0 Å². The molecular weight excluding hydrogens is 483 g/mol. The van der Waals surface area contributed by atoms with Crippen LogP contribution in [0, 0.1) is 12.7 Å². The van der Waals surface area contributed by atoms with Gasteiger partial charge >= 0.3 is 0 Å². The van der Waals surface area contributed by atoms with Crippen LogP contribution < -0.4 is 4.74 Å². The van der Waals surface area contributed by atoms with E-state index >= 15 is 0 Å². The summed E-state index contributed by atoms with van der Waals surface area (Å²) < 4.78 is 19.9. The molecule has 4 heteroatoms. The third-order valence-corrected chi connectivity index (χ3v) is 7.17. The zero-order valence-electron chi connectivity index (χ0n) is 24.0. The van der Waals surface area contributed by atoms with Gasteiger partial charge in [-0.15, -0.1) is 0 Å². The van der Waals surface area contributed by atoms with Crippen LogP contribution >= 0.6 is 0 Å². The second-order valence-electron chi connectivity index (χ2n) is 10.5. The molecule has 0 aliphatic rings. The molecule has 0 saturated carbocycles. The number of halogens is 1. The Morgan fingerprint density at radius 3 is 2.10 bits per heavy atom. The maximum absolute atomic E-state index is 13.5. The standard InChI is InChI=1S/C35H41FN2O/c1-6-29-14-11-15-30(7-2)35(29)33-22-34(39-25(3)4)32(26(5)37-33)24-38(23-28-12-9-8-10-13-28)21-20-27-16-18-31(36)19-17-27/h8-19,22,25H,6-7,20-21,23-24H2,1-5H3. The summed E-state index contributed by atoms with van der Waals surface area (Å²) in [5, 5.41) is 0. The van der Waals surface area contributed by atoms with E-state index in [2.05, 4.69) is 88.0 Å². The molecule has 1 aromatic heterocycles. The molecule has 0 atom stereocenters. The molecule has 4 rings (SSSR count). The van der Waals surface area contributed by atoms with Gasteiger partial charge in [0.15, 0.2) is 0 Å². The number of nitrogens with zero attached hydrogens (tertiary/aromatic N) is 2. The first-order valence-corrected chi connectivity index (χ1v) is 14.2. The van der Waals surface area contributed by atoms with Gasteiger partial charge in [-0.3, -0.25) is 9.88 Å². The number of aryl methyl sites for hydroxylation is 3. The van der Waals surface area contributed by atoms with Crippen LogP contribution in [0.4, 0.5) is 4.39 Å². The molecule has 0 bridgehead atoms. The van der Waals surface area contributed by atoms with Crippen molar-refractivity contribution in [3.05, 3.63) is 118 Å². The van der Waals surface area contributed by atoms with Gasteiger partial charge in [0.05, 0.1) is 11.8 Å². The minimum absolute atomic E-state index is 0.0484. The minimum Gasteiger partial charge on any atom is -0.491 e. The molecule has 0 saturated heterocycles. The Morgan fingerprint density at radius 2 is 1.49 bits per heavy atom. The van der Waals surface area contributed by atoms with E-state index in [4.69, 9.17) is 9.72 Å². The molecule has 3 aromatic carbocycles. The topological polar surface area (TPSA) is 25.4 Å². The lowest BCUT2D eigenvalue weighted by atomic mass is 9.94. The highest BCUT2D eigenvalue weighted by molar-refractivity contribution is 5.70. The van der Waals surface area contributed by atoms with Crippen molar-refractivity contribution in [1.82, 2.24) is 9.88 Å². The normalized spacial score (nSPS) is 11.4. The molecule has 1 heterocycles. The second-order valence-corrected chi connectivity index (χ2v) is 10.5. The first kappa shape index (κ1) is 28.5. The lowest BCUT2D eigenvalue weighted by Gasteiger charge is -2.26. The van der Waals surface area contributed by atoms with Gasteiger partial charge < -0.3 is 4.74 Å². The van der Waals surface area contributed by atoms with Gasteiger partial charge in [-0.1, -0.05) is 74.5 Å². The lowest BCUT2D eigenvalue weighted by molar-refractivity contribution is 0.223. The molecule has 3 nitrogen and oxygen atoms in total. The number of rotatable bonds is 12. The monoisotopic (exact) mass is 524 g/mol. The van der Waals surface area contributed by atoms with Crippen LogP contribution in [-0.4, -0.2) is 22.5 Å². The zero-order chi connectivity index (χ0) is 27.8. The summed E-state index contributed by atoms with van der Waals surface area (Å²) in [4.78, 5) is 7.61. The maximum atomic E-state index is 13.5. The fraction of sp³-hybridized carbons (Fsp3) is 0.343. The Hall–Kier alpha value is -3.50. The first-order chi connectivity index (χ1) is 18.9. The number of hydrogen-bond acceptors (Lipinski definition) is 3. The van der Waals surface area contributed by atoms with Gasteiger partial charge in [-0.05, 0) is 74.4 Å². The van der Waals surface area contributed by atoms with Crippen molar-refractivity contribution >= 4 is 0 Å². The minimum atomic E-state index is -0.201. The zero-order valence-corrected chi connectivity index (χ0v) is 24.0. The quantitative estimate of drug-likeness (QED) is 0.186. The van der Waals surface area contributed by atoms with E-state index in [1.807, 2.05) is 18.2 Å². The summed E-state index contributed by atoms with van der Waals surface area (Å²) in [6, 6.07) is 26.1. The molecule has 4 aromatic rings. The summed E-state index contributed by atoms with van der Waals surface area (Å²) in [6.07, 6.45) is 2.80. The Bertz CT molecular complexity index is 1330. The predicted molar refractivity (Wildman–Crippen MR) is 160 cm³/mol. The van der Waals surface area contributed by atoms with Crippen LogP contribution in [-0.2, 0) is 32.4 Å². The van der Waals surface area contributed by atoms with Crippen LogP contribution in [0.25, 0.3) is 11.3 Å². The average Bonchev–Trinajstić information content (AvgIpc) is 2.93. The molecular formula is C35H41FN2O. The number of hydrogen-bond donors (Lipinski definition) is 0. The molecule has 0 aliphatic carbocycles. The summed E-state index contributed by atoms with van der Waals surface area (Å²) in [5.41, 5.74) is 9.36. The summed E-state index contributed by atoms with van der Waals surface area (Å²) >= 11 is 0. The van der Waals surface area contributed by atoms with Crippen molar-refractivity contribution in [2.75, 3.05) is 6.54 Å². The highest BCUT2D eigenvalue weighted by Gasteiger charge is 2.19. The molecule has 39 heavy (non-hydrogen) atoms. The predicted octanol–water partition coefficient (Wildman–Crippen LogP) is 8.35. The van der Waals surface area contributed by atoms with E-state index in [-0.39, 0.29) is 11.9 Å². The third kappa shape index (κ3) is 7.54. The second kappa shape index (κ2) is 13.5. The Kier molecular flexibility index (Phi) is 9.89. The summed E-state index contributed by atoms with van der Waals surface area (Å²) in [7, 11) is 0. The Labute approximate surface area is 233 Å². The fourth-order valence-electron chi connectivity index (χ4n) is 5.14. The molecule has 0 amide bonds. The smallest absolute Gasteiger partial charge is 0.128 e. The number of ether oxygens (including phenoxy) is 1. The van der Waals surface area contributed by atoms with Crippen molar-refractivity contribution in [1.29, 1.82) is 0 Å². The summed E-state index contributed by atoms with van der Waals surface area (Å²) in [5.74, 6) is 0.702. The molecule has 0 radical (unpaired) electrons. The highest BCUT2D eigenvalue weighted by Crippen LogP contribution is 2.34. The van der Waals surface area contributed by atoms with E-state index in [9.17, 15) is 4.39 Å². The van der Waals surface area contributed by atoms with Crippen molar-refractivity contribution in [2.45, 2.75) is 73.1 Å². The maximum Gasteiger partial charge on any atom is 0.128 e. The molecule has 0 fully saturated rings. The highest BCUT2D eigenvalue weighted by atomic mass is 19.1. The Balaban J connectivity index is 1.71. The lowest BCUT2D eigenvalue weighted by Crippen LogP contribution is -2.26. The van der Waals surface area contributed by atoms with Crippen molar-refractivity contribution in [3.63, 3.8) is 0 Å². The Morgan fingerprint density at radius 1 is 0.821 bits per heavy atom. The molecule has 0 unspecified atom stereocenters. The average molecular weight is 525 g/mol. The molecule has 0 spiro atoms. The third-order valence-electron chi connectivity index (χ3n) is 7.17. The van der Waals surface area contributed by atoms with Gasteiger partial charge in [-0.25, -0.2) is 4.39 Å². The summed E-state index contributed by atoms with van der Waals surface area (Å²) in [6.45, 7) is 13.0. The largest absolute Gasteiger partial charge is 0.491 e. The van der Waals surface area contributed by atoms with E-state index in [1.165, 1.54) is 34.4 Å². The van der Waals surface area contributed by atoms with E-state index in [0.29, 0.717) is 6.54 Å². The number of pyridine rings is 1. The van der Waals surface area contributed by atoms with Gasteiger partial charge in [0.2, 0.25) is 0 Å². The van der Waals surface area contributed by atoms with Crippen LogP contribution in [0.5, 0.6) is 5.75 Å². The van der Waals surface area contributed by atoms with Gasteiger partial charge in [0.25, 0.3) is 0 Å². The van der Waals surface area contributed by atoms with Crippen LogP contribution in [0.1, 0.15) is 61.2 Å². The van der Waals surface area contributed by atoms with Crippen molar-refractivity contribution < 1.29 is 9.13 Å². The number of benzene rings is 3. The number of aromatic nitrogens is 1. The fourth-order valence-corrected chi connectivity index (χ4v) is 5.14. The van der Waals surface area contributed by atoms with Gasteiger partial charge in [-0.2, -0.15) is 0 Å². The van der Waals surface area contributed by atoms with E-state index in [1.54, 1.807) is 0 Å². The van der Waals surface area contributed by atoms with E-state index in [0.717, 1.165) is 60.6 Å². The SMILES string of the molecule is CCc1cccc(CC)c1-c1cc(OC(C)C)c(CN(CCc2ccc(F)cc2)Cc2ccccc2)c(C)n1. The molecule has 204 valence electrons. The first-order valence-electron chi connectivity index (χ1n) is 14.2.